The minimum atomic E-state index is -0.0347. The Hall–Kier alpha value is -1.84. The summed E-state index contributed by atoms with van der Waals surface area (Å²) in [6.07, 6.45) is 4.96. The number of carbonyl (C=O) groups excluding carboxylic acids is 1. The van der Waals surface area contributed by atoms with Gasteiger partial charge in [0.2, 0.25) is 0 Å². The molecule has 1 aliphatic rings. The van der Waals surface area contributed by atoms with Gasteiger partial charge in [-0.05, 0) is 49.7 Å². The summed E-state index contributed by atoms with van der Waals surface area (Å²) in [5.74, 6) is -0.0347. The van der Waals surface area contributed by atoms with Gasteiger partial charge in [-0.25, -0.2) is 0 Å². The largest absolute Gasteiger partial charge is 0.350 e. The lowest BCUT2D eigenvalue weighted by molar-refractivity contribution is 0.0933. The summed E-state index contributed by atoms with van der Waals surface area (Å²) in [4.78, 5) is 14.9. The first-order chi connectivity index (χ1) is 12.3. The lowest BCUT2D eigenvalue weighted by atomic mass is 10.0. The van der Waals surface area contributed by atoms with Gasteiger partial charge in [-0.1, -0.05) is 60.8 Å². The fraction of sp³-hybridized carbons (Fsp3) is 0.381. The molecule has 1 aliphatic heterocycles. The first kappa shape index (κ1) is 18.0. The highest BCUT2D eigenvalue weighted by Crippen LogP contribution is 2.29. The van der Waals surface area contributed by atoms with Crippen LogP contribution in [-0.4, -0.2) is 30.4 Å². The zero-order valence-electron chi connectivity index (χ0n) is 14.5. The van der Waals surface area contributed by atoms with E-state index in [0.29, 0.717) is 12.1 Å². The first-order valence-corrected chi connectivity index (χ1v) is 9.45. The summed E-state index contributed by atoms with van der Waals surface area (Å²) in [7, 11) is 0. The van der Waals surface area contributed by atoms with Gasteiger partial charge in [0.05, 0.1) is 6.04 Å². The van der Waals surface area contributed by atoms with Crippen LogP contribution in [0, 0.1) is 0 Å². The summed E-state index contributed by atoms with van der Waals surface area (Å²) >= 11 is 6.47. The van der Waals surface area contributed by atoms with Gasteiger partial charge in [0, 0.05) is 17.1 Å². The van der Waals surface area contributed by atoms with Gasteiger partial charge < -0.3 is 5.32 Å². The smallest absolute Gasteiger partial charge is 0.251 e. The molecule has 4 heteroatoms. The van der Waals surface area contributed by atoms with Gasteiger partial charge in [0.1, 0.15) is 0 Å². The zero-order chi connectivity index (χ0) is 17.5. The highest BCUT2D eigenvalue weighted by atomic mass is 35.5. The first-order valence-electron chi connectivity index (χ1n) is 9.07. The van der Waals surface area contributed by atoms with Crippen molar-refractivity contribution in [1.82, 2.24) is 10.2 Å². The predicted molar refractivity (Wildman–Crippen MR) is 103 cm³/mol. The van der Waals surface area contributed by atoms with Crippen LogP contribution in [0.2, 0.25) is 5.02 Å². The third-order valence-electron chi connectivity index (χ3n) is 4.84. The van der Waals surface area contributed by atoms with Gasteiger partial charge in [-0.3, -0.25) is 9.69 Å². The number of likely N-dealkylation sites (tertiary alicyclic amines) is 1. The van der Waals surface area contributed by atoms with Crippen molar-refractivity contribution >= 4 is 17.5 Å². The van der Waals surface area contributed by atoms with Crippen molar-refractivity contribution in [2.75, 3.05) is 19.6 Å². The van der Waals surface area contributed by atoms with Gasteiger partial charge in [0.15, 0.2) is 0 Å². The Balaban J connectivity index is 1.76. The summed E-state index contributed by atoms with van der Waals surface area (Å²) < 4.78 is 0. The van der Waals surface area contributed by atoms with Crippen molar-refractivity contribution in [3.63, 3.8) is 0 Å². The van der Waals surface area contributed by atoms with Crippen LogP contribution in [-0.2, 0) is 0 Å². The monoisotopic (exact) mass is 356 g/mol. The molecule has 0 radical (unpaired) electrons. The number of carbonyl (C=O) groups is 1. The molecule has 0 saturated carbocycles. The molecule has 0 aliphatic carbocycles. The van der Waals surface area contributed by atoms with Crippen LogP contribution in [0.5, 0.6) is 0 Å². The molecule has 2 aromatic carbocycles. The second-order valence-corrected chi connectivity index (χ2v) is 6.97. The Bertz CT molecular complexity index is 681. The summed E-state index contributed by atoms with van der Waals surface area (Å²) in [6.45, 7) is 2.67. The van der Waals surface area contributed by atoms with E-state index >= 15 is 0 Å². The summed E-state index contributed by atoms with van der Waals surface area (Å²) in [6, 6.07) is 17.5. The minimum absolute atomic E-state index is 0.0347. The SMILES string of the molecule is O=C(NC[C@@H](c1ccccc1Cl)N1CCCCCC1)c1ccccc1. The topological polar surface area (TPSA) is 32.3 Å². The summed E-state index contributed by atoms with van der Waals surface area (Å²) in [5.41, 5.74) is 1.79. The molecule has 132 valence electrons. The van der Waals surface area contributed by atoms with Gasteiger partial charge in [-0.15, -0.1) is 0 Å². The molecule has 1 N–H and O–H groups in total. The molecular formula is C21H25ClN2O. The number of rotatable bonds is 5. The van der Waals surface area contributed by atoms with Crippen molar-refractivity contribution in [3.8, 4) is 0 Å². The normalized spacial score (nSPS) is 16.8. The molecule has 0 bridgehead atoms. The molecule has 0 aromatic heterocycles. The Morgan fingerprint density at radius 1 is 0.960 bits per heavy atom. The van der Waals surface area contributed by atoms with E-state index in [2.05, 4.69) is 16.3 Å². The van der Waals surface area contributed by atoms with Crippen molar-refractivity contribution in [3.05, 3.63) is 70.7 Å². The molecule has 1 fully saturated rings. The quantitative estimate of drug-likeness (QED) is 0.843. The predicted octanol–water partition coefficient (Wildman–Crippen LogP) is 4.69. The van der Waals surface area contributed by atoms with E-state index in [1.54, 1.807) is 0 Å². The van der Waals surface area contributed by atoms with Crippen LogP contribution in [0.1, 0.15) is 47.6 Å². The molecule has 1 saturated heterocycles. The highest BCUT2D eigenvalue weighted by Gasteiger charge is 2.24. The van der Waals surface area contributed by atoms with E-state index in [0.717, 1.165) is 23.7 Å². The number of hydrogen-bond donors (Lipinski definition) is 1. The van der Waals surface area contributed by atoms with Crippen molar-refractivity contribution < 1.29 is 4.79 Å². The Morgan fingerprint density at radius 3 is 2.28 bits per heavy atom. The molecule has 3 nitrogen and oxygen atoms in total. The maximum atomic E-state index is 12.5. The molecule has 1 atom stereocenters. The van der Waals surface area contributed by atoms with Crippen molar-refractivity contribution in [2.24, 2.45) is 0 Å². The number of nitrogens with one attached hydrogen (secondary N) is 1. The van der Waals surface area contributed by atoms with Gasteiger partial charge in [-0.2, -0.15) is 0 Å². The fourth-order valence-electron chi connectivity index (χ4n) is 3.47. The average Bonchev–Trinajstić information content (AvgIpc) is 2.93. The standard InChI is InChI=1S/C21H25ClN2O/c22-19-13-7-6-12-18(19)20(24-14-8-1-2-9-15-24)16-23-21(25)17-10-4-3-5-11-17/h3-7,10-13,20H,1-2,8-9,14-16H2,(H,23,25)/t20-/m0/s1. The van der Waals surface area contributed by atoms with Crippen LogP contribution in [0.4, 0.5) is 0 Å². The average molecular weight is 357 g/mol. The van der Waals surface area contributed by atoms with E-state index in [4.69, 9.17) is 11.6 Å². The third kappa shape index (κ3) is 4.83. The molecule has 0 unspecified atom stereocenters. The summed E-state index contributed by atoms with van der Waals surface area (Å²) in [5, 5.41) is 3.87. The maximum Gasteiger partial charge on any atom is 0.251 e. The van der Waals surface area contributed by atoms with E-state index in [9.17, 15) is 4.79 Å². The number of amides is 1. The molecule has 0 spiro atoms. The molecule has 2 aromatic rings. The maximum absolute atomic E-state index is 12.5. The molecular weight excluding hydrogens is 332 g/mol. The van der Waals surface area contributed by atoms with Gasteiger partial charge in [0.25, 0.3) is 5.91 Å². The fourth-order valence-corrected chi connectivity index (χ4v) is 3.73. The van der Waals surface area contributed by atoms with Crippen LogP contribution < -0.4 is 5.32 Å². The van der Waals surface area contributed by atoms with E-state index in [1.165, 1.54) is 25.7 Å². The Labute approximate surface area is 155 Å². The molecule has 25 heavy (non-hydrogen) atoms. The van der Waals surface area contributed by atoms with E-state index in [1.807, 2.05) is 48.5 Å². The van der Waals surface area contributed by atoms with Crippen LogP contribution in [0.25, 0.3) is 0 Å². The number of benzene rings is 2. The molecule has 3 rings (SSSR count). The second-order valence-electron chi connectivity index (χ2n) is 6.56. The van der Waals surface area contributed by atoms with Crippen molar-refractivity contribution in [2.45, 2.75) is 31.7 Å². The Kier molecular flexibility index (Phi) is 6.48. The van der Waals surface area contributed by atoms with Crippen molar-refractivity contribution in [1.29, 1.82) is 0 Å². The third-order valence-corrected chi connectivity index (χ3v) is 5.18. The van der Waals surface area contributed by atoms with E-state index < -0.39 is 0 Å². The second kappa shape index (κ2) is 9.02. The minimum Gasteiger partial charge on any atom is -0.350 e. The number of halogens is 1. The Morgan fingerprint density at radius 2 is 1.60 bits per heavy atom. The van der Waals surface area contributed by atoms with Crippen LogP contribution >= 0.6 is 11.6 Å². The van der Waals surface area contributed by atoms with Crippen LogP contribution in [0.3, 0.4) is 0 Å². The lowest BCUT2D eigenvalue weighted by Gasteiger charge is -2.31. The highest BCUT2D eigenvalue weighted by molar-refractivity contribution is 6.31. The lowest BCUT2D eigenvalue weighted by Crippen LogP contribution is -2.38. The van der Waals surface area contributed by atoms with Gasteiger partial charge >= 0.3 is 0 Å². The number of nitrogens with zero attached hydrogens (tertiary/aromatic N) is 1. The molecule has 1 amide bonds. The zero-order valence-corrected chi connectivity index (χ0v) is 15.2. The number of hydrogen-bond acceptors (Lipinski definition) is 2. The van der Waals surface area contributed by atoms with E-state index in [-0.39, 0.29) is 11.9 Å². The molecule has 1 heterocycles. The van der Waals surface area contributed by atoms with Crippen LogP contribution in [0.15, 0.2) is 54.6 Å².